The van der Waals surface area contributed by atoms with Crippen molar-refractivity contribution >= 4 is 5.97 Å². The van der Waals surface area contributed by atoms with E-state index < -0.39 is 29.7 Å². The molecular formula is C24H15F5N2O3. The first kappa shape index (κ1) is 23.0. The number of hydrogen-bond donors (Lipinski definition) is 0. The van der Waals surface area contributed by atoms with Gasteiger partial charge in [-0.25, -0.2) is 18.3 Å². The standard InChI is InChI=1S/C24H15F5N2O3/c25-17-7-4-8-19(11-17)31-22(16-9-18(26)12-20(10-16)34-24(27,28)29)13-21(30-31)23(32)33-14-15-5-2-1-3-6-15/h1-13H,14H2. The third-order valence-corrected chi connectivity index (χ3v) is 4.58. The summed E-state index contributed by atoms with van der Waals surface area (Å²) >= 11 is 0. The number of carbonyl (C=O) groups excluding carboxylic acids is 1. The molecule has 174 valence electrons. The van der Waals surface area contributed by atoms with Gasteiger partial charge in [0, 0.05) is 11.6 Å². The highest BCUT2D eigenvalue weighted by atomic mass is 19.4. The van der Waals surface area contributed by atoms with Crippen molar-refractivity contribution in [1.29, 1.82) is 0 Å². The van der Waals surface area contributed by atoms with E-state index in [0.717, 1.165) is 28.4 Å². The van der Waals surface area contributed by atoms with Crippen LogP contribution in [-0.4, -0.2) is 22.1 Å². The van der Waals surface area contributed by atoms with Crippen LogP contribution in [0.2, 0.25) is 0 Å². The van der Waals surface area contributed by atoms with E-state index in [1.807, 2.05) is 0 Å². The quantitative estimate of drug-likeness (QED) is 0.251. The number of hydrogen-bond acceptors (Lipinski definition) is 4. The zero-order valence-electron chi connectivity index (χ0n) is 17.2. The van der Waals surface area contributed by atoms with E-state index in [-0.39, 0.29) is 29.2 Å². The van der Waals surface area contributed by atoms with Crippen molar-refractivity contribution in [3.63, 3.8) is 0 Å². The SMILES string of the molecule is O=C(OCc1ccccc1)c1cc(-c2cc(F)cc(OC(F)(F)F)c2)n(-c2cccc(F)c2)n1. The fourth-order valence-electron chi connectivity index (χ4n) is 3.19. The molecule has 0 saturated carbocycles. The lowest BCUT2D eigenvalue weighted by Crippen LogP contribution is -2.17. The summed E-state index contributed by atoms with van der Waals surface area (Å²) in [4.78, 5) is 12.6. The summed E-state index contributed by atoms with van der Waals surface area (Å²) in [5.74, 6) is -3.27. The van der Waals surface area contributed by atoms with E-state index in [0.29, 0.717) is 6.07 Å². The lowest BCUT2D eigenvalue weighted by Gasteiger charge is -2.12. The van der Waals surface area contributed by atoms with Crippen molar-refractivity contribution in [1.82, 2.24) is 9.78 Å². The molecule has 0 radical (unpaired) electrons. The Morgan fingerprint density at radius 1 is 0.882 bits per heavy atom. The Morgan fingerprint density at radius 3 is 2.35 bits per heavy atom. The zero-order valence-corrected chi connectivity index (χ0v) is 17.2. The molecule has 1 heterocycles. The summed E-state index contributed by atoms with van der Waals surface area (Å²) in [6, 6.07) is 17.6. The van der Waals surface area contributed by atoms with Crippen LogP contribution in [0.15, 0.2) is 78.9 Å². The minimum absolute atomic E-state index is 0.0174. The van der Waals surface area contributed by atoms with Crippen molar-refractivity contribution in [2.24, 2.45) is 0 Å². The van der Waals surface area contributed by atoms with Crippen molar-refractivity contribution < 1.29 is 36.2 Å². The maximum Gasteiger partial charge on any atom is 0.573 e. The molecule has 0 bridgehead atoms. The zero-order chi connectivity index (χ0) is 24.3. The van der Waals surface area contributed by atoms with E-state index in [4.69, 9.17) is 4.74 Å². The predicted octanol–water partition coefficient (Wildman–Crippen LogP) is 6.07. The molecule has 4 rings (SSSR count). The number of nitrogens with zero attached hydrogens (tertiary/aromatic N) is 2. The lowest BCUT2D eigenvalue weighted by atomic mass is 10.1. The first-order valence-electron chi connectivity index (χ1n) is 9.82. The van der Waals surface area contributed by atoms with Crippen LogP contribution < -0.4 is 4.74 Å². The molecule has 3 aromatic carbocycles. The molecule has 0 spiro atoms. The van der Waals surface area contributed by atoms with Crippen LogP contribution in [0.4, 0.5) is 22.0 Å². The van der Waals surface area contributed by atoms with Gasteiger partial charge in [0.1, 0.15) is 24.0 Å². The van der Waals surface area contributed by atoms with Gasteiger partial charge in [-0.2, -0.15) is 5.10 Å². The van der Waals surface area contributed by atoms with E-state index in [2.05, 4.69) is 9.84 Å². The second-order valence-electron chi connectivity index (χ2n) is 7.09. The van der Waals surface area contributed by atoms with Gasteiger partial charge in [0.15, 0.2) is 5.69 Å². The van der Waals surface area contributed by atoms with Crippen LogP contribution in [0.5, 0.6) is 5.75 Å². The van der Waals surface area contributed by atoms with Crippen molar-refractivity contribution in [3.8, 4) is 22.7 Å². The summed E-state index contributed by atoms with van der Waals surface area (Å²) < 4.78 is 76.2. The summed E-state index contributed by atoms with van der Waals surface area (Å²) in [6.45, 7) is -0.0502. The van der Waals surface area contributed by atoms with Crippen molar-refractivity contribution in [2.45, 2.75) is 13.0 Å². The fourth-order valence-corrected chi connectivity index (χ4v) is 3.19. The Kier molecular flexibility index (Phi) is 6.31. The number of benzene rings is 3. The Labute approximate surface area is 190 Å². The molecule has 0 saturated heterocycles. The average Bonchev–Trinajstić information content (AvgIpc) is 3.22. The maximum atomic E-state index is 14.1. The minimum atomic E-state index is -5.04. The summed E-state index contributed by atoms with van der Waals surface area (Å²) in [5, 5.41) is 4.13. The Balaban J connectivity index is 1.74. The molecule has 0 aliphatic carbocycles. The monoisotopic (exact) mass is 474 g/mol. The highest BCUT2D eigenvalue weighted by molar-refractivity contribution is 5.89. The van der Waals surface area contributed by atoms with Gasteiger partial charge in [-0.15, -0.1) is 13.2 Å². The van der Waals surface area contributed by atoms with Crippen molar-refractivity contribution in [3.05, 3.63) is 102 Å². The number of carbonyl (C=O) groups is 1. The number of ether oxygens (including phenoxy) is 2. The Morgan fingerprint density at radius 2 is 1.65 bits per heavy atom. The molecule has 5 nitrogen and oxygen atoms in total. The fraction of sp³-hybridized carbons (Fsp3) is 0.0833. The third-order valence-electron chi connectivity index (χ3n) is 4.58. The molecule has 0 aliphatic heterocycles. The average molecular weight is 474 g/mol. The van der Waals surface area contributed by atoms with Crippen LogP contribution in [0, 0.1) is 11.6 Å². The number of alkyl halides is 3. The van der Waals surface area contributed by atoms with Gasteiger partial charge in [-0.05, 0) is 42.0 Å². The van der Waals surface area contributed by atoms with E-state index in [1.165, 1.54) is 24.3 Å². The van der Waals surface area contributed by atoms with Gasteiger partial charge in [0.25, 0.3) is 0 Å². The molecule has 4 aromatic rings. The van der Waals surface area contributed by atoms with Gasteiger partial charge in [0.2, 0.25) is 0 Å². The molecule has 0 atom stereocenters. The molecule has 1 aromatic heterocycles. The normalized spacial score (nSPS) is 11.3. The molecule has 0 aliphatic rings. The molecule has 0 N–H and O–H groups in total. The number of rotatable bonds is 6. The molecule has 34 heavy (non-hydrogen) atoms. The first-order valence-corrected chi connectivity index (χ1v) is 9.82. The highest BCUT2D eigenvalue weighted by Crippen LogP contribution is 2.31. The third kappa shape index (κ3) is 5.58. The number of esters is 1. The lowest BCUT2D eigenvalue weighted by molar-refractivity contribution is -0.274. The Bertz CT molecular complexity index is 1320. The molecule has 0 fully saturated rings. The van der Waals surface area contributed by atoms with Crippen LogP contribution in [-0.2, 0) is 11.3 Å². The van der Waals surface area contributed by atoms with E-state index >= 15 is 0 Å². The predicted molar refractivity (Wildman–Crippen MR) is 111 cm³/mol. The number of halogens is 5. The molecule has 10 heteroatoms. The minimum Gasteiger partial charge on any atom is -0.456 e. The van der Waals surface area contributed by atoms with Crippen LogP contribution in [0.25, 0.3) is 16.9 Å². The second kappa shape index (κ2) is 9.34. The van der Waals surface area contributed by atoms with Crippen LogP contribution in [0.3, 0.4) is 0 Å². The van der Waals surface area contributed by atoms with Gasteiger partial charge >= 0.3 is 12.3 Å². The van der Waals surface area contributed by atoms with Crippen LogP contribution in [0.1, 0.15) is 16.1 Å². The molecule has 0 amide bonds. The smallest absolute Gasteiger partial charge is 0.456 e. The highest BCUT2D eigenvalue weighted by Gasteiger charge is 2.31. The Hall–Kier alpha value is -4.21. The van der Waals surface area contributed by atoms with Gasteiger partial charge in [-0.3, -0.25) is 0 Å². The topological polar surface area (TPSA) is 53.4 Å². The summed E-state index contributed by atoms with van der Waals surface area (Å²) in [6.07, 6.45) is -5.04. The molecule has 0 unspecified atom stereocenters. The van der Waals surface area contributed by atoms with E-state index in [9.17, 15) is 26.7 Å². The van der Waals surface area contributed by atoms with E-state index in [1.54, 1.807) is 30.3 Å². The van der Waals surface area contributed by atoms with Gasteiger partial charge in [-0.1, -0.05) is 36.4 Å². The summed E-state index contributed by atoms with van der Waals surface area (Å²) in [5.41, 5.74) is 0.596. The van der Waals surface area contributed by atoms with Gasteiger partial charge < -0.3 is 9.47 Å². The summed E-state index contributed by atoms with van der Waals surface area (Å²) in [7, 11) is 0. The second-order valence-corrected chi connectivity index (χ2v) is 7.09. The number of aromatic nitrogens is 2. The molecular weight excluding hydrogens is 459 g/mol. The van der Waals surface area contributed by atoms with Gasteiger partial charge in [0.05, 0.1) is 11.4 Å². The first-order chi connectivity index (χ1) is 16.2. The van der Waals surface area contributed by atoms with Crippen molar-refractivity contribution in [2.75, 3.05) is 0 Å². The maximum absolute atomic E-state index is 14.1. The van der Waals surface area contributed by atoms with Crippen LogP contribution >= 0.6 is 0 Å². The largest absolute Gasteiger partial charge is 0.573 e.